The summed E-state index contributed by atoms with van der Waals surface area (Å²) in [6.07, 6.45) is -0.809. The second kappa shape index (κ2) is 11.9. The van der Waals surface area contributed by atoms with Crippen molar-refractivity contribution in [2.45, 2.75) is 27.2 Å². The highest BCUT2D eigenvalue weighted by atomic mass is 35.5. The maximum Gasteiger partial charge on any atom is 0.419 e. The largest absolute Gasteiger partial charge is 0.466 e. The van der Waals surface area contributed by atoms with Crippen LogP contribution in [0.3, 0.4) is 0 Å². The highest BCUT2D eigenvalue weighted by molar-refractivity contribution is 6.34. The molecule has 1 amide bonds. The van der Waals surface area contributed by atoms with E-state index in [1.165, 1.54) is 11.0 Å². The number of esters is 1. The van der Waals surface area contributed by atoms with Gasteiger partial charge in [-0.15, -0.1) is 0 Å². The van der Waals surface area contributed by atoms with Gasteiger partial charge < -0.3 is 14.0 Å². The number of benzene rings is 3. The third-order valence-corrected chi connectivity index (χ3v) is 6.06. The normalized spacial score (nSPS) is 10.8. The van der Waals surface area contributed by atoms with Gasteiger partial charge in [0.05, 0.1) is 30.3 Å². The van der Waals surface area contributed by atoms with Gasteiger partial charge in [0.15, 0.2) is 5.76 Å². The number of ether oxygens (including phenoxy) is 2. The molecule has 0 N–H and O–H groups in total. The topological polar surface area (TPSA) is 81.9 Å². The van der Waals surface area contributed by atoms with Gasteiger partial charge in [-0.25, -0.2) is 14.1 Å². The standard InChI is InChI=1S/C29H26ClFN2O5/c1-4-36-26(34)17-22-16-20(13-14-24(22)31)19-9-8-10-21(15-19)28-27(18(3)32-38-28)33(29(35)37-5-2)25-12-7-6-11-23(25)30/h6-16H,4-5,17H2,1-3H3. The van der Waals surface area contributed by atoms with E-state index >= 15 is 0 Å². The van der Waals surface area contributed by atoms with Crippen LogP contribution in [0.25, 0.3) is 22.5 Å². The number of aromatic nitrogens is 1. The second-order valence-electron chi connectivity index (χ2n) is 8.30. The molecule has 196 valence electrons. The minimum Gasteiger partial charge on any atom is -0.466 e. The van der Waals surface area contributed by atoms with Gasteiger partial charge >= 0.3 is 12.1 Å². The third-order valence-electron chi connectivity index (χ3n) is 5.74. The zero-order valence-electron chi connectivity index (χ0n) is 21.2. The summed E-state index contributed by atoms with van der Waals surface area (Å²) < 4.78 is 30.4. The highest BCUT2D eigenvalue weighted by Gasteiger charge is 2.30. The Kier molecular flexibility index (Phi) is 8.43. The Labute approximate surface area is 224 Å². The number of nitrogens with zero attached hydrogens (tertiary/aromatic N) is 2. The molecule has 0 aliphatic heterocycles. The second-order valence-corrected chi connectivity index (χ2v) is 8.71. The fraction of sp³-hybridized carbons (Fsp3) is 0.207. The number of para-hydroxylation sites is 1. The van der Waals surface area contributed by atoms with Crippen molar-refractivity contribution in [2.75, 3.05) is 18.1 Å². The van der Waals surface area contributed by atoms with Gasteiger partial charge in [-0.1, -0.05) is 53.2 Å². The van der Waals surface area contributed by atoms with Crippen LogP contribution in [0.5, 0.6) is 0 Å². The lowest BCUT2D eigenvalue weighted by molar-refractivity contribution is -0.142. The smallest absolute Gasteiger partial charge is 0.419 e. The van der Waals surface area contributed by atoms with Gasteiger partial charge in [0, 0.05) is 5.56 Å². The minimum absolute atomic E-state index is 0.160. The Bertz CT molecular complexity index is 1470. The van der Waals surface area contributed by atoms with Gasteiger partial charge in [-0.2, -0.15) is 0 Å². The zero-order chi connectivity index (χ0) is 27.2. The van der Waals surface area contributed by atoms with Crippen LogP contribution in [-0.4, -0.2) is 30.4 Å². The highest BCUT2D eigenvalue weighted by Crippen LogP contribution is 2.41. The molecule has 0 atom stereocenters. The molecule has 1 aromatic heterocycles. The molecule has 0 aliphatic carbocycles. The summed E-state index contributed by atoms with van der Waals surface area (Å²) >= 11 is 6.46. The predicted octanol–water partition coefficient (Wildman–Crippen LogP) is 7.51. The molecular weight excluding hydrogens is 511 g/mol. The van der Waals surface area contributed by atoms with Crippen LogP contribution in [0.4, 0.5) is 20.6 Å². The van der Waals surface area contributed by atoms with Gasteiger partial charge in [0.1, 0.15) is 17.2 Å². The SMILES string of the molecule is CCOC(=O)Cc1cc(-c2cccc(-c3onc(C)c3N(C(=O)OCC)c3ccccc3Cl)c2)ccc1F. The predicted molar refractivity (Wildman–Crippen MR) is 143 cm³/mol. The lowest BCUT2D eigenvalue weighted by Gasteiger charge is -2.23. The first kappa shape index (κ1) is 26.9. The summed E-state index contributed by atoms with van der Waals surface area (Å²) in [5, 5.41) is 4.47. The molecule has 4 rings (SSSR count). The van der Waals surface area contributed by atoms with E-state index in [1.54, 1.807) is 57.2 Å². The summed E-state index contributed by atoms with van der Waals surface area (Å²) in [6, 6.07) is 18.8. The van der Waals surface area contributed by atoms with Crippen molar-refractivity contribution in [1.29, 1.82) is 0 Å². The Morgan fingerprint density at radius 1 is 0.947 bits per heavy atom. The number of halogens is 2. The molecule has 0 unspecified atom stereocenters. The summed E-state index contributed by atoms with van der Waals surface area (Å²) in [5.74, 6) is -0.667. The molecule has 0 fully saturated rings. The van der Waals surface area contributed by atoms with Crippen LogP contribution in [0, 0.1) is 12.7 Å². The van der Waals surface area contributed by atoms with E-state index in [2.05, 4.69) is 5.16 Å². The van der Waals surface area contributed by atoms with Crippen LogP contribution < -0.4 is 4.90 Å². The van der Waals surface area contributed by atoms with E-state index in [4.69, 9.17) is 25.6 Å². The van der Waals surface area contributed by atoms with Crippen LogP contribution in [-0.2, 0) is 20.7 Å². The van der Waals surface area contributed by atoms with E-state index in [0.29, 0.717) is 39.0 Å². The lowest BCUT2D eigenvalue weighted by atomic mass is 9.98. The van der Waals surface area contributed by atoms with Crippen LogP contribution >= 0.6 is 11.6 Å². The quantitative estimate of drug-likeness (QED) is 0.217. The zero-order valence-corrected chi connectivity index (χ0v) is 21.9. The maximum absolute atomic E-state index is 14.4. The van der Waals surface area contributed by atoms with E-state index in [1.807, 2.05) is 24.3 Å². The molecule has 38 heavy (non-hydrogen) atoms. The number of amides is 1. The molecule has 9 heteroatoms. The number of carbonyl (C=O) groups is 2. The first-order valence-electron chi connectivity index (χ1n) is 12.1. The number of anilines is 2. The molecule has 0 saturated carbocycles. The van der Waals surface area contributed by atoms with Gasteiger partial charge in [-0.3, -0.25) is 4.79 Å². The van der Waals surface area contributed by atoms with Crippen molar-refractivity contribution in [3.05, 3.63) is 88.8 Å². The van der Waals surface area contributed by atoms with Crippen molar-refractivity contribution in [3.63, 3.8) is 0 Å². The molecule has 0 bridgehead atoms. The van der Waals surface area contributed by atoms with Crippen molar-refractivity contribution in [2.24, 2.45) is 0 Å². The summed E-state index contributed by atoms with van der Waals surface area (Å²) in [7, 11) is 0. The Hall–Kier alpha value is -4.17. The van der Waals surface area contributed by atoms with Gasteiger partial charge in [0.2, 0.25) is 0 Å². The maximum atomic E-state index is 14.4. The Morgan fingerprint density at radius 2 is 1.66 bits per heavy atom. The van der Waals surface area contributed by atoms with Crippen LogP contribution in [0.2, 0.25) is 5.02 Å². The molecule has 3 aromatic carbocycles. The van der Waals surface area contributed by atoms with E-state index in [0.717, 1.165) is 5.56 Å². The summed E-state index contributed by atoms with van der Waals surface area (Å²) in [5.41, 5.74) is 3.54. The number of hydrogen-bond donors (Lipinski definition) is 0. The molecule has 0 saturated heterocycles. The number of aryl methyl sites for hydroxylation is 1. The molecule has 1 heterocycles. The van der Waals surface area contributed by atoms with E-state index < -0.39 is 17.9 Å². The van der Waals surface area contributed by atoms with E-state index in [9.17, 15) is 14.0 Å². The lowest BCUT2D eigenvalue weighted by Crippen LogP contribution is -2.27. The third kappa shape index (κ3) is 5.70. The fourth-order valence-electron chi connectivity index (χ4n) is 4.05. The van der Waals surface area contributed by atoms with Crippen molar-refractivity contribution in [1.82, 2.24) is 5.16 Å². The van der Waals surface area contributed by atoms with E-state index in [-0.39, 0.29) is 25.2 Å². The Morgan fingerprint density at radius 3 is 2.39 bits per heavy atom. The van der Waals surface area contributed by atoms with Crippen molar-refractivity contribution < 1.29 is 28.0 Å². The molecule has 0 spiro atoms. The molecule has 0 radical (unpaired) electrons. The van der Waals surface area contributed by atoms with Crippen molar-refractivity contribution in [3.8, 4) is 22.5 Å². The first-order valence-corrected chi connectivity index (χ1v) is 12.4. The summed E-state index contributed by atoms with van der Waals surface area (Å²) in [4.78, 5) is 26.4. The molecule has 0 aliphatic rings. The van der Waals surface area contributed by atoms with Gasteiger partial charge in [0.25, 0.3) is 0 Å². The summed E-state index contributed by atoms with van der Waals surface area (Å²) in [6.45, 7) is 5.51. The van der Waals surface area contributed by atoms with Gasteiger partial charge in [-0.05, 0) is 67.8 Å². The number of rotatable bonds is 8. The monoisotopic (exact) mass is 536 g/mol. The average Bonchev–Trinajstić information content (AvgIpc) is 3.28. The number of carbonyl (C=O) groups excluding carboxylic acids is 2. The average molecular weight is 537 g/mol. The number of hydrogen-bond acceptors (Lipinski definition) is 6. The minimum atomic E-state index is -0.633. The molecular formula is C29H26ClFN2O5. The molecule has 7 nitrogen and oxygen atoms in total. The van der Waals surface area contributed by atoms with Crippen LogP contribution in [0.1, 0.15) is 25.1 Å². The fourth-order valence-corrected chi connectivity index (χ4v) is 4.27. The first-order chi connectivity index (χ1) is 18.3. The Balaban J connectivity index is 1.78. The van der Waals surface area contributed by atoms with Crippen LogP contribution in [0.15, 0.2) is 71.3 Å². The van der Waals surface area contributed by atoms with Crippen molar-refractivity contribution >= 4 is 35.0 Å². The molecule has 4 aromatic rings.